The zero-order valence-corrected chi connectivity index (χ0v) is 11.1. The summed E-state index contributed by atoms with van der Waals surface area (Å²) in [6.07, 6.45) is 5.60. The molecule has 0 aromatic carbocycles. The lowest BCUT2D eigenvalue weighted by molar-refractivity contribution is 0.228. The molecule has 0 heteroatoms. The van der Waals surface area contributed by atoms with Crippen molar-refractivity contribution in [3.8, 4) is 0 Å². The highest BCUT2D eigenvalue weighted by Gasteiger charge is 2.19. The summed E-state index contributed by atoms with van der Waals surface area (Å²) in [5.41, 5.74) is 0. The Morgan fingerprint density at radius 1 is 0.857 bits per heavy atom. The number of hydrogen-bond acceptors (Lipinski definition) is 0. The van der Waals surface area contributed by atoms with Crippen molar-refractivity contribution in [1.82, 2.24) is 0 Å². The lowest BCUT2D eigenvalue weighted by atomic mass is 9.78. The molecule has 0 N–H and O–H groups in total. The minimum atomic E-state index is 0.846. The molecular weight excluding hydrogens is 168 g/mol. The molecule has 0 rings (SSSR count). The summed E-state index contributed by atoms with van der Waals surface area (Å²) < 4.78 is 0. The molecule has 0 aromatic heterocycles. The molecule has 0 amide bonds. The fraction of sp³-hybridized carbons (Fsp3) is 1.00. The van der Waals surface area contributed by atoms with E-state index in [0.29, 0.717) is 0 Å². The van der Waals surface area contributed by atoms with E-state index in [-0.39, 0.29) is 0 Å². The highest BCUT2D eigenvalue weighted by molar-refractivity contribution is 4.69. The molecule has 0 saturated carbocycles. The fourth-order valence-electron chi connectivity index (χ4n) is 2.45. The topological polar surface area (TPSA) is 0 Å². The maximum Gasteiger partial charge on any atom is -0.0365 e. The van der Waals surface area contributed by atoms with Crippen LogP contribution in [0.3, 0.4) is 0 Å². The first-order chi connectivity index (χ1) is 6.49. The second-order valence-corrected chi connectivity index (χ2v) is 5.63. The molecule has 1 atom stereocenters. The van der Waals surface area contributed by atoms with Gasteiger partial charge in [-0.1, -0.05) is 60.8 Å². The Morgan fingerprint density at radius 2 is 1.36 bits per heavy atom. The van der Waals surface area contributed by atoms with Gasteiger partial charge in [0.1, 0.15) is 0 Å². The van der Waals surface area contributed by atoms with Gasteiger partial charge in [0.05, 0.1) is 0 Å². The van der Waals surface area contributed by atoms with Gasteiger partial charge < -0.3 is 0 Å². The standard InChI is InChI=1S/C14H30/c1-7-8-9-13(6)10-14(11(2)3)12(4)5/h11-14H,7-10H2,1-6H3. The lowest BCUT2D eigenvalue weighted by Crippen LogP contribution is -2.18. The Labute approximate surface area is 91.5 Å². The van der Waals surface area contributed by atoms with Crippen LogP contribution < -0.4 is 0 Å². The first-order valence-electron chi connectivity index (χ1n) is 6.49. The van der Waals surface area contributed by atoms with Gasteiger partial charge in [-0.15, -0.1) is 0 Å². The van der Waals surface area contributed by atoms with E-state index >= 15 is 0 Å². The molecule has 0 heterocycles. The van der Waals surface area contributed by atoms with E-state index in [9.17, 15) is 0 Å². The maximum absolute atomic E-state index is 2.42. The van der Waals surface area contributed by atoms with E-state index in [1.165, 1.54) is 25.7 Å². The molecule has 0 fully saturated rings. The summed E-state index contributed by atoms with van der Waals surface area (Å²) in [6, 6.07) is 0. The van der Waals surface area contributed by atoms with Crippen molar-refractivity contribution in [2.45, 2.75) is 67.2 Å². The average Bonchev–Trinajstić information content (AvgIpc) is 2.09. The van der Waals surface area contributed by atoms with E-state index in [1.54, 1.807) is 0 Å². The third kappa shape index (κ3) is 5.67. The van der Waals surface area contributed by atoms with E-state index < -0.39 is 0 Å². The Morgan fingerprint density at radius 3 is 1.71 bits per heavy atom. The smallest absolute Gasteiger partial charge is 0.0365 e. The molecule has 86 valence electrons. The van der Waals surface area contributed by atoms with Gasteiger partial charge in [0.2, 0.25) is 0 Å². The van der Waals surface area contributed by atoms with Gasteiger partial charge in [0, 0.05) is 0 Å². The lowest BCUT2D eigenvalue weighted by Gasteiger charge is -2.27. The molecule has 0 spiro atoms. The molecular formula is C14H30. The SMILES string of the molecule is CCCCC(C)CC(C(C)C)C(C)C. The molecule has 14 heavy (non-hydrogen) atoms. The molecule has 0 aliphatic carbocycles. The average molecular weight is 198 g/mol. The van der Waals surface area contributed by atoms with Crippen LogP contribution in [-0.2, 0) is 0 Å². The first kappa shape index (κ1) is 14.0. The number of hydrogen-bond donors (Lipinski definition) is 0. The quantitative estimate of drug-likeness (QED) is 0.532. The summed E-state index contributed by atoms with van der Waals surface area (Å²) in [5.74, 6) is 3.53. The summed E-state index contributed by atoms with van der Waals surface area (Å²) >= 11 is 0. The van der Waals surface area contributed by atoms with Gasteiger partial charge in [-0.25, -0.2) is 0 Å². The van der Waals surface area contributed by atoms with Crippen LogP contribution >= 0.6 is 0 Å². The zero-order chi connectivity index (χ0) is 11.1. The molecule has 0 aromatic rings. The maximum atomic E-state index is 2.42. The van der Waals surface area contributed by atoms with Crippen molar-refractivity contribution in [3.63, 3.8) is 0 Å². The van der Waals surface area contributed by atoms with Gasteiger partial charge >= 0.3 is 0 Å². The van der Waals surface area contributed by atoms with Gasteiger partial charge in [-0.2, -0.15) is 0 Å². The van der Waals surface area contributed by atoms with Gasteiger partial charge in [0.15, 0.2) is 0 Å². The fourth-order valence-corrected chi connectivity index (χ4v) is 2.45. The van der Waals surface area contributed by atoms with E-state index in [4.69, 9.17) is 0 Å². The normalized spacial score (nSPS) is 14.4. The third-order valence-corrected chi connectivity index (χ3v) is 3.44. The number of rotatable bonds is 7. The molecule has 0 saturated heterocycles. The van der Waals surface area contributed by atoms with Crippen LogP contribution in [0, 0.1) is 23.7 Å². The van der Waals surface area contributed by atoms with Crippen molar-refractivity contribution in [2.24, 2.45) is 23.7 Å². The molecule has 0 aliphatic rings. The van der Waals surface area contributed by atoms with Crippen LogP contribution in [0.5, 0.6) is 0 Å². The van der Waals surface area contributed by atoms with Crippen LogP contribution in [0.25, 0.3) is 0 Å². The van der Waals surface area contributed by atoms with Gasteiger partial charge in [0.25, 0.3) is 0 Å². The second kappa shape index (κ2) is 7.31. The van der Waals surface area contributed by atoms with Crippen molar-refractivity contribution in [3.05, 3.63) is 0 Å². The molecule has 0 aliphatic heterocycles. The minimum Gasteiger partial charge on any atom is -0.0654 e. The monoisotopic (exact) mass is 198 g/mol. The summed E-state index contributed by atoms with van der Waals surface area (Å²) in [7, 11) is 0. The summed E-state index contributed by atoms with van der Waals surface area (Å²) in [4.78, 5) is 0. The summed E-state index contributed by atoms with van der Waals surface area (Å²) in [6.45, 7) is 14.2. The van der Waals surface area contributed by atoms with E-state index in [1.807, 2.05) is 0 Å². The summed E-state index contributed by atoms with van der Waals surface area (Å²) in [5, 5.41) is 0. The highest BCUT2D eigenvalue weighted by Crippen LogP contribution is 2.29. The highest BCUT2D eigenvalue weighted by atomic mass is 14.2. The van der Waals surface area contributed by atoms with Gasteiger partial charge in [-0.05, 0) is 30.1 Å². The van der Waals surface area contributed by atoms with Crippen LogP contribution in [0.2, 0.25) is 0 Å². The van der Waals surface area contributed by atoms with Gasteiger partial charge in [-0.3, -0.25) is 0 Å². The van der Waals surface area contributed by atoms with Crippen LogP contribution in [0.1, 0.15) is 67.2 Å². The Hall–Kier alpha value is 0. The van der Waals surface area contributed by atoms with Crippen LogP contribution in [0.15, 0.2) is 0 Å². The Kier molecular flexibility index (Phi) is 7.31. The molecule has 0 nitrogen and oxygen atoms in total. The second-order valence-electron chi connectivity index (χ2n) is 5.63. The van der Waals surface area contributed by atoms with Crippen LogP contribution in [-0.4, -0.2) is 0 Å². The van der Waals surface area contributed by atoms with Crippen LogP contribution in [0.4, 0.5) is 0 Å². The largest absolute Gasteiger partial charge is 0.0654 e. The van der Waals surface area contributed by atoms with Crippen molar-refractivity contribution in [1.29, 1.82) is 0 Å². The Bertz CT molecular complexity index is 116. The van der Waals surface area contributed by atoms with Crippen molar-refractivity contribution >= 4 is 0 Å². The molecule has 0 radical (unpaired) electrons. The zero-order valence-electron chi connectivity index (χ0n) is 11.1. The van der Waals surface area contributed by atoms with E-state index in [0.717, 1.165) is 23.7 Å². The predicted molar refractivity (Wildman–Crippen MR) is 66.5 cm³/mol. The minimum absolute atomic E-state index is 0.846. The Balaban J connectivity index is 3.90. The molecule has 1 unspecified atom stereocenters. The van der Waals surface area contributed by atoms with Crippen molar-refractivity contribution < 1.29 is 0 Å². The predicted octanol–water partition coefficient (Wildman–Crippen LogP) is 5.13. The third-order valence-electron chi connectivity index (χ3n) is 3.44. The number of unbranched alkanes of at least 4 members (excludes halogenated alkanes) is 1. The molecule has 0 bridgehead atoms. The van der Waals surface area contributed by atoms with Crippen molar-refractivity contribution in [2.75, 3.05) is 0 Å². The van der Waals surface area contributed by atoms with E-state index in [2.05, 4.69) is 41.5 Å². The first-order valence-corrected chi connectivity index (χ1v) is 6.49.